The molecule has 3 aliphatic heterocycles. The zero-order valence-corrected chi connectivity index (χ0v) is 31.1. The summed E-state index contributed by atoms with van der Waals surface area (Å²) in [7, 11) is -8.79. The molecule has 51 heavy (non-hydrogen) atoms. The summed E-state index contributed by atoms with van der Waals surface area (Å²) in [6.07, 6.45) is 11.6. The maximum absolute atomic E-state index is 12.5. The number of nitrogens with zero attached hydrogens (tertiary/aromatic N) is 3. The summed E-state index contributed by atoms with van der Waals surface area (Å²) in [5.74, 6) is -1.37. The molecule has 0 unspecified atom stereocenters. The van der Waals surface area contributed by atoms with Crippen molar-refractivity contribution in [2.45, 2.75) is 93.8 Å². The van der Waals surface area contributed by atoms with Gasteiger partial charge in [-0.15, -0.1) is 0 Å². The molecule has 0 aromatic heterocycles. The fourth-order valence-electron chi connectivity index (χ4n) is 7.26. The van der Waals surface area contributed by atoms with E-state index in [0.717, 1.165) is 38.8 Å². The van der Waals surface area contributed by atoms with Gasteiger partial charge in [0.15, 0.2) is 5.71 Å². The Labute approximate surface area is 299 Å². The average Bonchev–Trinajstić information content (AvgIpc) is 3.58. The van der Waals surface area contributed by atoms with Crippen molar-refractivity contribution < 1.29 is 44.9 Å². The number of fused-ring (bicyclic) bond motifs is 2. The first-order chi connectivity index (χ1) is 23.8. The molecule has 0 atom stereocenters. The minimum Gasteiger partial charge on any atom is -0.344 e. The van der Waals surface area contributed by atoms with Gasteiger partial charge in [-0.1, -0.05) is 32.1 Å². The van der Waals surface area contributed by atoms with E-state index < -0.39 is 48.8 Å². The molecule has 0 radical (unpaired) electrons. The van der Waals surface area contributed by atoms with E-state index in [1.807, 2.05) is 65.0 Å². The molecule has 0 spiro atoms. The molecule has 3 aliphatic rings. The van der Waals surface area contributed by atoms with Crippen molar-refractivity contribution in [2.24, 2.45) is 0 Å². The topological polar surface area (TPSA) is 169 Å². The van der Waals surface area contributed by atoms with Gasteiger partial charge < -0.3 is 4.90 Å². The van der Waals surface area contributed by atoms with E-state index in [-0.39, 0.29) is 29.1 Å². The van der Waals surface area contributed by atoms with Gasteiger partial charge in [-0.2, -0.15) is 21.4 Å². The smallest absolute Gasteiger partial charge is 0.294 e. The van der Waals surface area contributed by atoms with Crippen LogP contribution in [0.5, 0.6) is 0 Å². The number of rotatable bonds is 12. The summed E-state index contributed by atoms with van der Waals surface area (Å²) >= 11 is 0. The molecular formula is C37H44N3O9S2+. The van der Waals surface area contributed by atoms with Crippen molar-refractivity contribution >= 4 is 55.0 Å². The molecule has 12 nitrogen and oxygen atoms in total. The molecule has 14 heteroatoms. The van der Waals surface area contributed by atoms with Crippen LogP contribution in [0.4, 0.5) is 11.4 Å². The quantitative estimate of drug-likeness (QED) is 0.0919. The fraction of sp³-hybridized carbons (Fsp3) is 0.405. The molecule has 272 valence electrons. The van der Waals surface area contributed by atoms with E-state index in [0.29, 0.717) is 32.4 Å². The summed E-state index contributed by atoms with van der Waals surface area (Å²) in [5, 5.41) is 0. The molecule has 2 aromatic rings. The highest BCUT2D eigenvalue weighted by Gasteiger charge is 2.45. The minimum atomic E-state index is -4.43. The Bertz CT molecular complexity index is 2130. The van der Waals surface area contributed by atoms with Gasteiger partial charge >= 0.3 is 0 Å². The highest BCUT2D eigenvalue weighted by molar-refractivity contribution is 7.86. The van der Waals surface area contributed by atoms with Crippen molar-refractivity contribution in [3.63, 3.8) is 0 Å². The lowest BCUT2D eigenvalue weighted by Gasteiger charge is -2.25. The predicted octanol–water partition coefficient (Wildman–Crippen LogP) is 5.61. The van der Waals surface area contributed by atoms with Gasteiger partial charge in [0.2, 0.25) is 23.4 Å². The van der Waals surface area contributed by atoms with Gasteiger partial charge in [0.1, 0.15) is 6.54 Å². The molecule has 3 heterocycles. The van der Waals surface area contributed by atoms with Crippen LogP contribution in [0, 0.1) is 0 Å². The van der Waals surface area contributed by atoms with Crippen LogP contribution >= 0.6 is 0 Å². The number of hydrogen-bond donors (Lipinski definition) is 2. The van der Waals surface area contributed by atoms with Crippen molar-refractivity contribution in [2.75, 3.05) is 18.0 Å². The number of unbranched alkanes of at least 4 members (excludes halogenated alkanes) is 2. The largest absolute Gasteiger partial charge is 0.344 e. The van der Waals surface area contributed by atoms with E-state index in [2.05, 4.69) is 9.48 Å². The number of allylic oxidation sites excluding steroid dienone is 6. The number of anilines is 1. The Morgan fingerprint density at radius 3 is 2.04 bits per heavy atom. The fourth-order valence-corrected chi connectivity index (χ4v) is 8.27. The third-order valence-corrected chi connectivity index (χ3v) is 11.6. The SMILES string of the molecule is CCN1\C(=C/C=C/C=C/C2=[N+](CCCCCC(=O)N3C(=O)CCC3=O)c3ccc(S(=O)(=O)O)cc3C2(C)C)C(C)(C)c2cc(S(=O)(=O)O)ccc21. The van der Waals surface area contributed by atoms with Crippen LogP contribution in [0.3, 0.4) is 0 Å². The number of hydrogen-bond acceptors (Lipinski definition) is 8. The molecular weight excluding hydrogens is 695 g/mol. The number of imide groups is 3. The van der Waals surface area contributed by atoms with Crippen LogP contribution in [0.25, 0.3) is 0 Å². The highest BCUT2D eigenvalue weighted by atomic mass is 32.2. The molecule has 0 saturated carbocycles. The molecule has 5 rings (SSSR count). The summed E-state index contributed by atoms with van der Waals surface area (Å²) in [6, 6.07) is 9.17. The molecule has 3 amide bonds. The first-order valence-corrected chi connectivity index (χ1v) is 19.8. The number of likely N-dealkylation sites (N-methyl/N-ethyl adjacent to an activating group) is 1. The number of amides is 3. The average molecular weight is 739 g/mol. The summed E-state index contributed by atoms with van der Waals surface area (Å²) in [4.78, 5) is 38.8. The van der Waals surface area contributed by atoms with Gasteiger partial charge in [0.25, 0.3) is 20.2 Å². The second-order valence-electron chi connectivity index (χ2n) is 14.0. The first kappa shape index (κ1) is 38.0. The lowest BCUT2D eigenvalue weighted by molar-refractivity contribution is -0.438. The molecule has 1 fully saturated rings. The molecule has 2 N–H and O–H groups in total. The van der Waals surface area contributed by atoms with E-state index in [9.17, 15) is 40.3 Å². The molecule has 2 aromatic carbocycles. The van der Waals surface area contributed by atoms with Crippen LogP contribution in [0.2, 0.25) is 0 Å². The van der Waals surface area contributed by atoms with Crippen molar-refractivity contribution in [3.05, 3.63) is 83.6 Å². The Balaban J connectivity index is 1.38. The normalized spacial score (nSPS) is 19.3. The number of carbonyl (C=O) groups excluding carboxylic acids is 3. The lowest BCUT2D eigenvalue weighted by atomic mass is 9.81. The molecule has 1 saturated heterocycles. The van der Waals surface area contributed by atoms with Gasteiger partial charge in [-0.05, 0) is 75.6 Å². The van der Waals surface area contributed by atoms with Crippen LogP contribution in [-0.2, 0) is 45.4 Å². The standard InChI is InChI=1S/C37H43N3O9S2/c1-6-38-29-18-16-25(50(44,45)46)23-27(29)36(2,3)31(38)13-9-7-10-14-32-37(4,5)28-24-26(51(47,48)49)17-19-30(28)39(32)22-12-8-11-15-33(41)40-34(42)20-21-35(40)43/h7,9-10,13-14,16-19,23-24H,6,8,11-12,15,20-22H2,1-5H3,(H-,44,45,46,47,48,49)/p+1. The first-order valence-electron chi connectivity index (χ1n) is 16.9. The van der Waals surface area contributed by atoms with E-state index in [1.165, 1.54) is 24.3 Å². The Kier molecular flexibility index (Phi) is 10.5. The Hall–Kier alpha value is -4.24. The van der Waals surface area contributed by atoms with Crippen molar-refractivity contribution in [1.82, 2.24) is 4.90 Å². The van der Waals surface area contributed by atoms with Gasteiger partial charge in [-0.25, -0.2) is 4.90 Å². The zero-order chi connectivity index (χ0) is 37.5. The Morgan fingerprint density at radius 1 is 0.824 bits per heavy atom. The maximum Gasteiger partial charge on any atom is 0.294 e. The van der Waals surface area contributed by atoms with Gasteiger partial charge in [0.05, 0.1) is 15.2 Å². The van der Waals surface area contributed by atoms with Crippen LogP contribution < -0.4 is 4.90 Å². The highest BCUT2D eigenvalue weighted by Crippen LogP contribution is 2.48. The number of benzene rings is 2. The van der Waals surface area contributed by atoms with Crippen LogP contribution in [0.1, 0.15) is 84.3 Å². The third kappa shape index (κ3) is 7.41. The van der Waals surface area contributed by atoms with E-state index >= 15 is 0 Å². The summed E-state index contributed by atoms with van der Waals surface area (Å²) in [5.41, 5.74) is 3.86. The third-order valence-electron chi connectivity index (χ3n) is 9.94. The number of carbonyl (C=O) groups is 3. The predicted molar refractivity (Wildman–Crippen MR) is 192 cm³/mol. The van der Waals surface area contributed by atoms with Crippen LogP contribution in [-0.4, -0.2) is 71.9 Å². The van der Waals surface area contributed by atoms with Gasteiger partial charge in [-0.3, -0.25) is 23.5 Å². The second kappa shape index (κ2) is 14.1. The van der Waals surface area contributed by atoms with Gasteiger partial charge in [0, 0.05) is 66.7 Å². The van der Waals surface area contributed by atoms with E-state index in [1.54, 1.807) is 12.1 Å². The second-order valence-corrected chi connectivity index (χ2v) is 16.8. The lowest BCUT2D eigenvalue weighted by Crippen LogP contribution is -2.35. The van der Waals surface area contributed by atoms with Crippen molar-refractivity contribution in [1.29, 1.82) is 0 Å². The monoisotopic (exact) mass is 738 g/mol. The number of likely N-dealkylation sites (tertiary alicyclic amines) is 1. The molecule has 0 aliphatic carbocycles. The van der Waals surface area contributed by atoms with Crippen LogP contribution in [0.15, 0.2) is 82.3 Å². The summed E-state index contributed by atoms with van der Waals surface area (Å²) < 4.78 is 69.2. The Morgan fingerprint density at radius 2 is 1.43 bits per heavy atom. The van der Waals surface area contributed by atoms with E-state index in [4.69, 9.17) is 0 Å². The molecule has 0 bridgehead atoms. The maximum atomic E-state index is 12.5. The minimum absolute atomic E-state index is 0.0661. The summed E-state index contributed by atoms with van der Waals surface area (Å²) in [6.45, 7) is 11.2. The van der Waals surface area contributed by atoms with Crippen molar-refractivity contribution in [3.8, 4) is 0 Å². The zero-order valence-electron chi connectivity index (χ0n) is 29.4.